The molecule has 0 amide bonds. The van der Waals surface area contributed by atoms with Crippen LogP contribution >= 0.6 is 11.8 Å². The topological polar surface area (TPSA) is 55.1 Å². The Bertz CT molecular complexity index is 794. The second kappa shape index (κ2) is 17.0. The van der Waals surface area contributed by atoms with Gasteiger partial charge >= 0.3 is 0 Å². The lowest BCUT2D eigenvalue weighted by atomic mass is 9.40. The Morgan fingerprint density at radius 3 is 2.02 bits per heavy atom. The second-order valence-electron chi connectivity index (χ2n) is 13.2. The molecule has 0 radical (unpaired) electrons. The Balaban J connectivity index is 0.000000712. The standard InChI is InChI=1S/C26H42N2OS.C4H10.3C2H6/c1-16(29)6-5-7-17-8-9-21-24(17,2)13-11-22-25(21,3)12-10-18-14-19-20(15-26(18,22)4)30-23(27)28-19;1-3-4-2;3*1-2/h17-18,21-23,28H,5-15,27H2,1-4H3;3-4H2,1-2H3;3*1-2H3. The van der Waals surface area contributed by atoms with Crippen LogP contribution in [-0.2, 0) is 4.79 Å². The van der Waals surface area contributed by atoms with Crippen LogP contribution in [0.2, 0.25) is 0 Å². The van der Waals surface area contributed by atoms with Crippen LogP contribution in [0, 0.1) is 39.9 Å². The number of nitrogens with one attached hydrogen (secondary N) is 1. The van der Waals surface area contributed by atoms with Gasteiger partial charge < -0.3 is 15.8 Å². The summed E-state index contributed by atoms with van der Waals surface area (Å²) in [4.78, 5) is 13.0. The van der Waals surface area contributed by atoms with E-state index in [9.17, 15) is 4.79 Å². The summed E-state index contributed by atoms with van der Waals surface area (Å²) in [5.74, 6) is 3.74. The number of hydrogen-bond donors (Lipinski definition) is 2. The molecular weight excluding hydrogens is 508 g/mol. The molecule has 3 saturated carbocycles. The van der Waals surface area contributed by atoms with Gasteiger partial charge in [0.25, 0.3) is 0 Å². The summed E-state index contributed by atoms with van der Waals surface area (Å²) in [5.41, 5.74) is 9.22. The molecule has 4 aliphatic carbocycles. The van der Waals surface area contributed by atoms with Crippen molar-refractivity contribution in [3.05, 3.63) is 10.6 Å². The van der Waals surface area contributed by atoms with Crippen molar-refractivity contribution in [2.75, 3.05) is 0 Å². The Morgan fingerprint density at radius 2 is 1.45 bits per heavy atom. The number of hydrogen-bond acceptors (Lipinski definition) is 4. The largest absolute Gasteiger partial charge is 0.364 e. The first-order valence-electron chi connectivity index (χ1n) is 17.5. The average Bonchev–Trinajstić information content (AvgIpc) is 3.48. The zero-order chi connectivity index (χ0) is 30.7. The van der Waals surface area contributed by atoms with Crippen LogP contribution in [0.4, 0.5) is 0 Å². The molecule has 4 heteroatoms. The number of Topliss-reactive ketones (excluding diaryl/α,β-unsaturated/α-hetero) is 1. The number of fused-ring (bicyclic) bond motifs is 5. The van der Waals surface area contributed by atoms with Gasteiger partial charge in [0.2, 0.25) is 0 Å². The maximum absolute atomic E-state index is 11.5. The van der Waals surface area contributed by atoms with Crippen LogP contribution < -0.4 is 11.1 Å². The second-order valence-corrected chi connectivity index (χ2v) is 14.5. The molecule has 3 N–H and O–H groups in total. The Morgan fingerprint density at radius 1 is 0.875 bits per heavy atom. The molecule has 8 unspecified atom stereocenters. The molecule has 3 fully saturated rings. The highest BCUT2D eigenvalue weighted by atomic mass is 32.2. The van der Waals surface area contributed by atoms with E-state index in [-0.39, 0.29) is 5.50 Å². The molecule has 0 aromatic carbocycles. The highest BCUT2D eigenvalue weighted by Crippen LogP contribution is 2.73. The van der Waals surface area contributed by atoms with Crippen LogP contribution in [0.3, 0.4) is 0 Å². The fourth-order valence-corrected chi connectivity index (χ4v) is 10.6. The summed E-state index contributed by atoms with van der Waals surface area (Å²) in [7, 11) is 0. The van der Waals surface area contributed by atoms with Gasteiger partial charge in [0.1, 0.15) is 11.3 Å². The highest BCUT2D eigenvalue weighted by molar-refractivity contribution is 8.03. The third kappa shape index (κ3) is 7.72. The predicted octanol–water partition coefficient (Wildman–Crippen LogP) is 11.1. The van der Waals surface area contributed by atoms with Crippen molar-refractivity contribution in [3.8, 4) is 0 Å². The number of carbonyl (C=O) groups excluding carboxylic acids is 1. The van der Waals surface area contributed by atoms with Crippen molar-refractivity contribution < 1.29 is 4.79 Å². The Kier molecular flexibility index (Phi) is 15.9. The van der Waals surface area contributed by atoms with Gasteiger partial charge in [-0.3, -0.25) is 0 Å². The van der Waals surface area contributed by atoms with Gasteiger partial charge in [0.15, 0.2) is 0 Å². The minimum Gasteiger partial charge on any atom is -0.364 e. The van der Waals surface area contributed by atoms with Crippen LogP contribution in [0.1, 0.15) is 167 Å². The number of ketones is 1. The van der Waals surface area contributed by atoms with Gasteiger partial charge in [-0.05, 0) is 111 Å². The Labute approximate surface area is 255 Å². The lowest BCUT2D eigenvalue weighted by Gasteiger charge is -2.65. The third-order valence-electron chi connectivity index (χ3n) is 11.4. The zero-order valence-corrected chi connectivity index (χ0v) is 29.8. The van der Waals surface area contributed by atoms with Gasteiger partial charge in [-0.1, -0.05) is 101 Å². The minimum absolute atomic E-state index is 0.0744. The smallest absolute Gasteiger partial charge is 0.129 e. The summed E-state index contributed by atoms with van der Waals surface area (Å²) < 4.78 is 0. The van der Waals surface area contributed by atoms with E-state index in [1.54, 1.807) is 11.8 Å². The summed E-state index contributed by atoms with van der Waals surface area (Å²) in [6, 6.07) is 0. The minimum atomic E-state index is 0.0744. The zero-order valence-electron chi connectivity index (χ0n) is 29.0. The van der Waals surface area contributed by atoms with Gasteiger partial charge in [-0.15, -0.1) is 0 Å². The van der Waals surface area contributed by atoms with E-state index in [4.69, 9.17) is 5.73 Å². The van der Waals surface area contributed by atoms with E-state index in [0.717, 1.165) is 36.5 Å². The first-order valence-corrected chi connectivity index (χ1v) is 18.4. The molecule has 1 heterocycles. The van der Waals surface area contributed by atoms with Crippen molar-refractivity contribution in [2.45, 2.75) is 172 Å². The molecule has 8 atom stereocenters. The summed E-state index contributed by atoms with van der Waals surface area (Å²) in [6.45, 7) is 26.1. The molecule has 3 nitrogen and oxygen atoms in total. The van der Waals surface area contributed by atoms with Crippen molar-refractivity contribution >= 4 is 17.5 Å². The number of thioether (sulfide) groups is 1. The molecule has 0 aromatic rings. The predicted molar refractivity (Wildman–Crippen MR) is 180 cm³/mol. The molecule has 0 aromatic heterocycles. The molecule has 5 rings (SSSR count). The van der Waals surface area contributed by atoms with Crippen molar-refractivity contribution in [1.82, 2.24) is 5.32 Å². The van der Waals surface area contributed by atoms with E-state index >= 15 is 0 Å². The van der Waals surface area contributed by atoms with E-state index in [2.05, 4.69) is 39.9 Å². The first kappa shape index (κ1) is 37.5. The summed E-state index contributed by atoms with van der Waals surface area (Å²) >= 11 is 1.89. The van der Waals surface area contributed by atoms with Crippen LogP contribution in [0.15, 0.2) is 10.6 Å². The maximum atomic E-state index is 11.5. The van der Waals surface area contributed by atoms with E-state index in [1.807, 2.05) is 53.3 Å². The molecule has 1 aliphatic heterocycles. The van der Waals surface area contributed by atoms with Crippen molar-refractivity contribution in [1.29, 1.82) is 0 Å². The van der Waals surface area contributed by atoms with Crippen LogP contribution in [-0.4, -0.2) is 11.3 Å². The van der Waals surface area contributed by atoms with Gasteiger partial charge in [-0.25, -0.2) is 0 Å². The fraction of sp³-hybridized carbons (Fsp3) is 0.917. The Hall–Kier alpha value is -0.480. The number of nitrogens with two attached hydrogens (primary N) is 1. The summed E-state index contributed by atoms with van der Waals surface area (Å²) in [6.07, 6.45) is 16.7. The van der Waals surface area contributed by atoms with Gasteiger partial charge in [0, 0.05) is 17.0 Å². The average molecular weight is 579 g/mol. The van der Waals surface area contributed by atoms with Gasteiger partial charge in [0.05, 0.1) is 0 Å². The van der Waals surface area contributed by atoms with Crippen molar-refractivity contribution in [3.63, 3.8) is 0 Å². The molecule has 236 valence electrons. The SMILES string of the molecule is CC.CC.CC.CC(=O)CCCC1CCC2C1(C)CCC1C3(C)CC4=C(CC3CCC21C)NC(N)S4.CCCC. The quantitative estimate of drug-likeness (QED) is 0.341. The monoisotopic (exact) mass is 579 g/mol. The fourth-order valence-electron chi connectivity index (χ4n) is 9.43. The van der Waals surface area contributed by atoms with Crippen molar-refractivity contribution in [2.24, 2.45) is 45.7 Å². The lowest BCUT2D eigenvalue weighted by molar-refractivity contribution is -0.155. The lowest BCUT2D eigenvalue weighted by Crippen LogP contribution is -2.58. The molecule has 40 heavy (non-hydrogen) atoms. The molecule has 5 aliphatic rings. The normalized spacial score (nSPS) is 38.5. The number of carbonyl (C=O) groups is 1. The number of allylic oxidation sites excluding steroid dienone is 2. The highest BCUT2D eigenvalue weighted by Gasteiger charge is 2.65. The number of rotatable bonds is 5. The van der Waals surface area contributed by atoms with E-state index in [0.29, 0.717) is 22.0 Å². The van der Waals surface area contributed by atoms with E-state index in [1.165, 1.54) is 76.3 Å². The number of unbranched alkanes of at least 4 members (excludes halogenated alkanes) is 1. The van der Waals surface area contributed by atoms with Gasteiger partial charge in [-0.2, -0.15) is 0 Å². The molecule has 0 bridgehead atoms. The first-order chi connectivity index (χ1) is 19.1. The van der Waals surface area contributed by atoms with Crippen LogP contribution in [0.25, 0.3) is 0 Å². The molecule has 0 spiro atoms. The third-order valence-corrected chi connectivity index (χ3v) is 12.4. The van der Waals surface area contributed by atoms with E-state index < -0.39 is 0 Å². The van der Waals surface area contributed by atoms with Crippen LogP contribution in [0.5, 0.6) is 0 Å². The summed E-state index contributed by atoms with van der Waals surface area (Å²) in [5, 5.41) is 3.56. The molecular formula is C36H70N2OS. The maximum Gasteiger partial charge on any atom is 0.129 e. The molecule has 0 saturated heterocycles.